The normalized spacial score (nSPS) is 12.1. The van der Waals surface area contributed by atoms with Crippen LogP contribution in [-0.4, -0.2) is 44.6 Å². The Morgan fingerprint density at radius 3 is 1.89 bits per heavy atom. The molecule has 3 N–H and O–H groups in total. The fraction of sp³-hybridized carbons (Fsp3) is 0. The Bertz CT molecular complexity index is 1820. The van der Waals surface area contributed by atoms with Crippen LogP contribution in [0.5, 0.6) is 11.5 Å². The van der Waals surface area contributed by atoms with Gasteiger partial charge in [0, 0.05) is 10.8 Å². The summed E-state index contributed by atoms with van der Waals surface area (Å²) in [5.41, 5.74) is -0.374. The second-order valence-electron chi connectivity index (χ2n) is 7.18. The maximum atomic E-state index is 13.0. The maximum absolute atomic E-state index is 13.0. The smallest absolute Gasteiger partial charge is 0.744 e. The molecule has 178 valence electrons. The number of aromatic hydroxyl groups is 2. The molecule has 4 aromatic carbocycles. The standard InChI is InChI=1S/C20H15NO10S3.2Na/c22-13-3-1-12-8-14(4-2-11(12)7-13)32(24,25)21-17-5-6-19(34(29,30)31)16-9-15(33(26,27)28)10-18(23)20(16)17;;/h1-10,21-23H,(H,26,27,28)(H,29,30,31);;/q;2*+1/p-2. The minimum atomic E-state index is -5.20. The van der Waals surface area contributed by atoms with Crippen LogP contribution >= 0.6 is 0 Å². The second kappa shape index (κ2) is 10.7. The zero-order valence-electron chi connectivity index (χ0n) is 18.7. The fourth-order valence-corrected chi connectivity index (χ4v) is 5.73. The van der Waals surface area contributed by atoms with E-state index < -0.39 is 56.6 Å². The molecule has 0 atom stereocenters. The topological polar surface area (TPSA) is 201 Å². The number of phenols is 2. The molecule has 0 aliphatic rings. The van der Waals surface area contributed by atoms with Gasteiger partial charge in [-0.1, -0.05) is 12.1 Å². The van der Waals surface area contributed by atoms with Crippen LogP contribution in [0.25, 0.3) is 21.5 Å². The van der Waals surface area contributed by atoms with Crippen molar-refractivity contribution >= 4 is 57.5 Å². The fourth-order valence-electron chi connectivity index (χ4n) is 3.44. The van der Waals surface area contributed by atoms with E-state index in [0.717, 1.165) is 12.1 Å². The first-order valence-electron chi connectivity index (χ1n) is 9.14. The van der Waals surface area contributed by atoms with Crippen LogP contribution in [0.1, 0.15) is 0 Å². The molecule has 0 aromatic heterocycles. The quantitative estimate of drug-likeness (QED) is 0.157. The first-order valence-corrected chi connectivity index (χ1v) is 13.4. The number of sulfonamides is 1. The molecule has 0 saturated heterocycles. The third kappa shape index (κ3) is 6.16. The van der Waals surface area contributed by atoms with Crippen molar-refractivity contribution in [2.75, 3.05) is 4.72 Å². The molecule has 4 rings (SSSR count). The number of hydrogen-bond donors (Lipinski definition) is 3. The number of phenolic OH excluding ortho intramolecular Hbond substituents is 2. The van der Waals surface area contributed by atoms with Gasteiger partial charge in [0.05, 0.1) is 20.4 Å². The Morgan fingerprint density at radius 2 is 1.28 bits per heavy atom. The molecule has 0 fully saturated rings. The molecule has 0 unspecified atom stereocenters. The van der Waals surface area contributed by atoms with E-state index in [1.54, 1.807) is 0 Å². The number of nitrogens with one attached hydrogen (secondary N) is 1. The molecule has 0 amide bonds. The number of rotatable bonds is 5. The molecule has 0 aliphatic carbocycles. The maximum Gasteiger partial charge on any atom is 1.00 e. The van der Waals surface area contributed by atoms with Crippen molar-refractivity contribution in [3.05, 3.63) is 60.7 Å². The average Bonchev–Trinajstić information content (AvgIpc) is 2.71. The third-order valence-electron chi connectivity index (χ3n) is 4.94. The zero-order valence-corrected chi connectivity index (χ0v) is 25.1. The molecule has 0 saturated carbocycles. The molecule has 0 radical (unpaired) electrons. The first kappa shape index (κ1) is 30.8. The van der Waals surface area contributed by atoms with Gasteiger partial charge in [-0.3, -0.25) is 4.72 Å². The van der Waals surface area contributed by atoms with Gasteiger partial charge in [0.1, 0.15) is 31.7 Å². The Morgan fingerprint density at radius 1 is 0.667 bits per heavy atom. The summed E-state index contributed by atoms with van der Waals surface area (Å²) in [6.07, 6.45) is 0. The number of hydrogen-bond acceptors (Lipinski definition) is 10. The Kier molecular flexibility index (Phi) is 9.19. The molecule has 0 aliphatic heterocycles. The van der Waals surface area contributed by atoms with Crippen LogP contribution in [0.2, 0.25) is 0 Å². The van der Waals surface area contributed by atoms with Crippen LogP contribution in [0, 0.1) is 0 Å². The predicted molar refractivity (Wildman–Crippen MR) is 118 cm³/mol. The van der Waals surface area contributed by atoms with Gasteiger partial charge in [0.25, 0.3) is 10.0 Å². The summed E-state index contributed by atoms with van der Waals surface area (Å²) in [6, 6.07) is 11.0. The van der Waals surface area contributed by atoms with Crippen molar-refractivity contribution in [2.45, 2.75) is 14.7 Å². The van der Waals surface area contributed by atoms with E-state index in [4.69, 9.17) is 0 Å². The monoisotopic (exact) mass is 569 g/mol. The summed E-state index contributed by atoms with van der Waals surface area (Å²) in [4.78, 5) is -2.20. The summed E-state index contributed by atoms with van der Waals surface area (Å²) < 4.78 is 97.4. The van der Waals surface area contributed by atoms with Gasteiger partial charge in [0.15, 0.2) is 0 Å². The molecule has 16 heteroatoms. The predicted octanol–water partition coefficient (Wildman–Crippen LogP) is -3.98. The van der Waals surface area contributed by atoms with Gasteiger partial charge in [-0.15, -0.1) is 0 Å². The summed E-state index contributed by atoms with van der Waals surface area (Å²) in [5, 5.41) is 19.8. The Balaban J connectivity index is 0.00000228. The summed E-state index contributed by atoms with van der Waals surface area (Å²) >= 11 is 0. The van der Waals surface area contributed by atoms with E-state index in [0.29, 0.717) is 22.9 Å². The van der Waals surface area contributed by atoms with Gasteiger partial charge in [-0.2, -0.15) is 0 Å². The molecule has 36 heavy (non-hydrogen) atoms. The van der Waals surface area contributed by atoms with E-state index in [-0.39, 0.29) is 75.4 Å². The van der Waals surface area contributed by atoms with Gasteiger partial charge >= 0.3 is 59.1 Å². The van der Waals surface area contributed by atoms with E-state index in [1.807, 2.05) is 0 Å². The van der Waals surface area contributed by atoms with Crippen LogP contribution in [0.4, 0.5) is 5.69 Å². The summed E-state index contributed by atoms with van der Waals surface area (Å²) in [7, 11) is -14.7. The van der Waals surface area contributed by atoms with E-state index in [2.05, 4.69) is 4.72 Å². The molecular formula is C20H13NNa2O10S3. The third-order valence-corrected chi connectivity index (χ3v) is 8.01. The van der Waals surface area contributed by atoms with E-state index >= 15 is 0 Å². The number of benzene rings is 4. The largest absolute Gasteiger partial charge is 1.00 e. The van der Waals surface area contributed by atoms with Crippen LogP contribution in [0.15, 0.2) is 75.4 Å². The SMILES string of the molecule is O=S(=O)([O-])c1cc(O)c2c(NS(=O)(=O)c3ccc4cc(O)ccc4c3)ccc(S(=O)(=O)[O-])c2c1.[Na+].[Na+]. The van der Waals surface area contributed by atoms with Crippen LogP contribution < -0.4 is 63.8 Å². The van der Waals surface area contributed by atoms with Crippen molar-refractivity contribution in [3.8, 4) is 11.5 Å². The molecule has 0 bridgehead atoms. The van der Waals surface area contributed by atoms with Gasteiger partial charge in [-0.05, 0) is 59.3 Å². The van der Waals surface area contributed by atoms with E-state index in [9.17, 15) is 44.6 Å². The minimum absolute atomic E-state index is 0. The van der Waals surface area contributed by atoms with Gasteiger partial charge in [0.2, 0.25) is 0 Å². The van der Waals surface area contributed by atoms with Gasteiger partial charge in [-0.25, -0.2) is 25.3 Å². The molecule has 4 aromatic rings. The van der Waals surface area contributed by atoms with Crippen LogP contribution in [-0.2, 0) is 30.3 Å². The molecular weight excluding hydrogens is 556 g/mol. The molecule has 0 heterocycles. The molecule has 0 spiro atoms. The zero-order chi connectivity index (χ0) is 25.1. The average molecular weight is 570 g/mol. The number of fused-ring (bicyclic) bond motifs is 2. The van der Waals surface area contributed by atoms with Crippen LogP contribution in [0.3, 0.4) is 0 Å². The summed E-state index contributed by atoms with van der Waals surface area (Å²) in [5.74, 6) is -0.958. The van der Waals surface area contributed by atoms with Crippen molar-refractivity contribution < 1.29 is 104 Å². The summed E-state index contributed by atoms with van der Waals surface area (Å²) in [6.45, 7) is 0. The van der Waals surface area contributed by atoms with Crippen molar-refractivity contribution in [1.82, 2.24) is 0 Å². The minimum Gasteiger partial charge on any atom is -0.744 e. The number of anilines is 1. The van der Waals surface area contributed by atoms with Crippen molar-refractivity contribution in [1.29, 1.82) is 0 Å². The second-order valence-corrected chi connectivity index (χ2v) is 11.6. The van der Waals surface area contributed by atoms with E-state index in [1.165, 1.54) is 36.4 Å². The Labute approximate surface area is 250 Å². The van der Waals surface area contributed by atoms with Gasteiger partial charge < -0.3 is 19.3 Å². The molecule has 11 nitrogen and oxygen atoms in total. The first-order chi connectivity index (χ1) is 15.7. The van der Waals surface area contributed by atoms with Crippen molar-refractivity contribution in [2.24, 2.45) is 0 Å². The van der Waals surface area contributed by atoms with Crippen molar-refractivity contribution in [3.63, 3.8) is 0 Å². The Hall–Kier alpha value is -1.43.